The summed E-state index contributed by atoms with van der Waals surface area (Å²) in [4.78, 5) is 11.0. The first-order chi connectivity index (χ1) is 5.16. The molecular formula is C5H4Cl2N2OS. The minimum atomic E-state index is -0.311. The van der Waals surface area contributed by atoms with Gasteiger partial charge in [-0.2, -0.15) is 4.37 Å². The lowest BCUT2D eigenvalue weighted by Gasteiger charge is -1.94. The highest BCUT2D eigenvalue weighted by atomic mass is 35.5. The molecule has 1 heterocycles. The summed E-state index contributed by atoms with van der Waals surface area (Å²) in [5, 5.41) is 2.56. The van der Waals surface area contributed by atoms with Gasteiger partial charge >= 0.3 is 0 Å². The van der Waals surface area contributed by atoms with Crippen LogP contribution in [0.15, 0.2) is 0 Å². The van der Waals surface area contributed by atoms with Gasteiger partial charge in [0.15, 0.2) is 5.15 Å². The summed E-state index contributed by atoms with van der Waals surface area (Å²) in [6.07, 6.45) is 0. The van der Waals surface area contributed by atoms with E-state index in [-0.39, 0.29) is 16.6 Å². The fourth-order valence-corrected chi connectivity index (χ4v) is 1.76. The average Bonchev–Trinajstić information content (AvgIpc) is 2.30. The maximum Gasteiger partial charge on any atom is 0.256 e. The maximum atomic E-state index is 11.0. The van der Waals surface area contributed by atoms with E-state index in [1.54, 1.807) is 0 Å². The third-order valence-corrected chi connectivity index (χ3v) is 2.47. The lowest BCUT2D eigenvalue weighted by molar-refractivity contribution is 0.0963. The Bertz CT molecular complexity index is 267. The topological polar surface area (TPSA) is 42.0 Å². The van der Waals surface area contributed by atoms with Crippen LogP contribution in [0, 0.1) is 0 Å². The Labute approximate surface area is 77.5 Å². The Balaban J connectivity index is 3.10. The molecule has 0 radical (unpaired) electrons. The van der Waals surface area contributed by atoms with Crippen molar-refractivity contribution in [3.05, 3.63) is 15.1 Å². The first-order valence-electron chi connectivity index (χ1n) is 2.69. The van der Waals surface area contributed by atoms with E-state index in [4.69, 9.17) is 23.2 Å². The standard InChI is InChI=1S/C5H4Cl2N2OS/c1-8-5(10)2-3(6)9-11-4(2)7/h1H3,(H,8,10). The van der Waals surface area contributed by atoms with Crippen molar-refractivity contribution < 1.29 is 4.79 Å². The van der Waals surface area contributed by atoms with Gasteiger partial charge in [0.2, 0.25) is 0 Å². The highest BCUT2D eigenvalue weighted by Crippen LogP contribution is 2.27. The van der Waals surface area contributed by atoms with Gasteiger partial charge in [-0.3, -0.25) is 4.79 Å². The van der Waals surface area contributed by atoms with E-state index >= 15 is 0 Å². The molecule has 0 spiro atoms. The Morgan fingerprint density at radius 1 is 1.64 bits per heavy atom. The fraction of sp³-hybridized carbons (Fsp3) is 0.200. The molecule has 0 atom stereocenters. The predicted molar refractivity (Wildman–Crippen MR) is 45.5 cm³/mol. The maximum absolute atomic E-state index is 11.0. The summed E-state index contributed by atoms with van der Waals surface area (Å²) in [5.41, 5.74) is 0.251. The third kappa shape index (κ3) is 1.64. The highest BCUT2D eigenvalue weighted by molar-refractivity contribution is 7.11. The van der Waals surface area contributed by atoms with Crippen LogP contribution in [0.3, 0.4) is 0 Å². The van der Waals surface area contributed by atoms with E-state index in [0.29, 0.717) is 4.34 Å². The summed E-state index contributed by atoms with van der Waals surface area (Å²) in [5.74, 6) is -0.311. The number of hydrogen-bond acceptors (Lipinski definition) is 3. The van der Waals surface area contributed by atoms with Gasteiger partial charge in [0.1, 0.15) is 9.90 Å². The van der Waals surface area contributed by atoms with E-state index in [0.717, 1.165) is 11.5 Å². The molecule has 3 nitrogen and oxygen atoms in total. The number of rotatable bonds is 1. The number of halogens is 2. The first kappa shape index (κ1) is 8.77. The SMILES string of the molecule is CNC(=O)c1c(Cl)nsc1Cl. The van der Waals surface area contributed by atoms with Crippen LogP contribution in [0.25, 0.3) is 0 Å². The molecule has 0 fully saturated rings. The lowest BCUT2D eigenvalue weighted by Crippen LogP contribution is -2.17. The number of nitrogens with one attached hydrogen (secondary N) is 1. The minimum absolute atomic E-state index is 0.152. The molecule has 11 heavy (non-hydrogen) atoms. The van der Waals surface area contributed by atoms with Crippen molar-refractivity contribution in [2.24, 2.45) is 0 Å². The van der Waals surface area contributed by atoms with Crippen LogP contribution >= 0.6 is 34.7 Å². The largest absolute Gasteiger partial charge is 0.355 e. The number of carbonyl (C=O) groups is 1. The summed E-state index contributed by atoms with van der Waals surface area (Å²) in [6.45, 7) is 0. The molecule has 6 heteroatoms. The highest BCUT2D eigenvalue weighted by Gasteiger charge is 2.16. The van der Waals surface area contributed by atoms with Crippen LogP contribution < -0.4 is 5.32 Å². The minimum Gasteiger partial charge on any atom is -0.355 e. The molecule has 1 aromatic rings. The molecule has 1 N–H and O–H groups in total. The summed E-state index contributed by atoms with van der Waals surface area (Å²) >= 11 is 12.2. The van der Waals surface area contributed by atoms with Crippen molar-refractivity contribution in [1.82, 2.24) is 9.69 Å². The second-order valence-corrected chi connectivity index (χ2v) is 3.43. The zero-order valence-corrected chi connectivity index (χ0v) is 7.85. The van der Waals surface area contributed by atoms with E-state index < -0.39 is 0 Å². The van der Waals surface area contributed by atoms with E-state index in [2.05, 4.69) is 9.69 Å². The van der Waals surface area contributed by atoms with Crippen molar-refractivity contribution in [2.75, 3.05) is 7.05 Å². The van der Waals surface area contributed by atoms with E-state index in [1.165, 1.54) is 7.05 Å². The number of nitrogens with zero attached hydrogens (tertiary/aromatic N) is 1. The molecule has 0 aliphatic heterocycles. The van der Waals surface area contributed by atoms with Crippen LogP contribution in [-0.2, 0) is 0 Å². The Kier molecular flexibility index (Phi) is 2.70. The summed E-state index contributed by atoms with van der Waals surface area (Å²) < 4.78 is 4.01. The number of hydrogen-bond donors (Lipinski definition) is 1. The van der Waals surface area contributed by atoms with Crippen molar-refractivity contribution in [1.29, 1.82) is 0 Å². The second kappa shape index (κ2) is 3.38. The molecule has 0 bridgehead atoms. The second-order valence-electron chi connectivity index (χ2n) is 1.70. The van der Waals surface area contributed by atoms with Crippen molar-refractivity contribution in [3.63, 3.8) is 0 Å². The van der Waals surface area contributed by atoms with Gasteiger partial charge in [0.05, 0.1) is 0 Å². The zero-order valence-electron chi connectivity index (χ0n) is 5.52. The molecule has 0 aliphatic carbocycles. The monoisotopic (exact) mass is 210 g/mol. The molecule has 1 amide bonds. The van der Waals surface area contributed by atoms with Gasteiger partial charge in [-0.1, -0.05) is 23.2 Å². The molecule has 1 rings (SSSR count). The summed E-state index contributed by atoms with van der Waals surface area (Å²) in [6, 6.07) is 0. The molecule has 0 saturated heterocycles. The van der Waals surface area contributed by atoms with Crippen LogP contribution in [-0.4, -0.2) is 17.3 Å². The molecule has 60 valence electrons. The quantitative estimate of drug-likeness (QED) is 0.769. The summed E-state index contributed by atoms with van der Waals surface area (Å²) in [7, 11) is 1.51. The van der Waals surface area contributed by atoms with Crippen molar-refractivity contribution >= 4 is 40.6 Å². The van der Waals surface area contributed by atoms with Crippen LogP contribution in [0.4, 0.5) is 0 Å². The van der Waals surface area contributed by atoms with E-state index in [1.807, 2.05) is 0 Å². The van der Waals surface area contributed by atoms with Crippen molar-refractivity contribution in [2.45, 2.75) is 0 Å². The zero-order chi connectivity index (χ0) is 8.43. The third-order valence-electron chi connectivity index (χ3n) is 1.06. The van der Waals surface area contributed by atoms with Crippen LogP contribution in [0.2, 0.25) is 9.49 Å². The van der Waals surface area contributed by atoms with Gasteiger partial charge < -0.3 is 5.32 Å². The molecule has 0 aromatic carbocycles. The fourth-order valence-electron chi connectivity index (χ4n) is 0.560. The molecule has 0 saturated carbocycles. The number of aromatic nitrogens is 1. The van der Waals surface area contributed by atoms with E-state index in [9.17, 15) is 4.79 Å². The Morgan fingerprint density at radius 2 is 2.27 bits per heavy atom. The first-order valence-corrected chi connectivity index (χ1v) is 4.22. The van der Waals surface area contributed by atoms with Crippen LogP contribution in [0.1, 0.15) is 10.4 Å². The van der Waals surface area contributed by atoms with Gasteiger partial charge in [-0.05, 0) is 11.5 Å². The normalized spacial score (nSPS) is 9.73. The predicted octanol–water partition coefficient (Wildman–Crippen LogP) is 1.81. The molecule has 0 aliphatic rings. The molecule has 1 aromatic heterocycles. The van der Waals surface area contributed by atoms with Crippen LogP contribution in [0.5, 0.6) is 0 Å². The smallest absolute Gasteiger partial charge is 0.256 e. The average molecular weight is 211 g/mol. The van der Waals surface area contributed by atoms with Gasteiger partial charge in [-0.15, -0.1) is 0 Å². The molecular weight excluding hydrogens is 207 g/mol. The van der Waals surface area contributed by atoms with Crippen molar-refractivity contribution in [3.8, 4) is 0 Å². The number of amides is 1. The Hall–Kier alpha value is -0.320. The lowest BCUT2D eigenvalue weighted by atomic mass is 10.3. The van der Waals surface area contributed by atoms with Gasteiger partial charge in [0.25, 0.3) is 5.91 Å². The van der Waals surface area contributed by atoms with Gasteiger partial charge in [0, 0.05) is 7.05 Å². The number of carbonyl (C=O) groups excluding carboxylic acids is 1. The molecule has 0 unspecified atom stereocenters. The van der Waals surface area contributed by atoms with Gasteiger partial charge in [-0.25, -0.2) is 0 Å². The Morgan fingerprint density at radius 3 is 2.64 bits per heavy atom.